The van der Waals surface area contributed by atoms with Gasteiger partial charge in [-0.2, -0.15) is 0 Å². The third-order valence-corrected chi connectivity index (χ3v) is 5.62. The van der Waals surface area contributed by atoms with Crippen molar-refractivity contribution >= 4 is 46.7 Å². The van der Waals surface area contributed by atoms with Gasteiger partial charge >= 0.3 is 6.09 Å². The molecule has 1 aromatic carbocycles. The van der Waals surface area contributed by atoms with Gasteiger partial charge in [0.15, 0.2) is 0 Å². The minimum Gasteiger partial charge on any atom is -0.447 e. The van der Waals surface area contributed by atoms with Gasteiger partial charge < -0.3 is 19.3 Å². The number of ether oxygens (including phenoxy) is 2. The molecule has 1 aromatic heterocycles. The van der Waals surface area contributed by atoms with Gasteiger partial charge in [0.25, 0.3) is 5.91 Å². The van der Waals surface area contributed by atoms with E-state index in [-0.39, 0.29) is 12.0 Å². The molecule has 186 valence electrons. The molecule has 2 aliphatic rings. The van der Waals surface area contributed by atoms with E-state index in [9.17, 15) is 9.59 Å². The SMILES string of the molecule is CC.CCOC.O=C(c1ccc(N2CCOC2=O)cc1)N1CCN(c2ncc(Cl)cc2Cl)CC1. The number of benzene rings is 1. The fourth-order valence-electron chi connectivity index (χ4n) is 3.36. The van der Waals surface area contributed by atoms with Crippen molar-refractivity contribution in [2.45, 2.75) is 20.8 Å². The zero-order valence-corrected chi connectivity index (χ0v) is 21.6. The topological polar surface area (TPSA) is 75.2 Å². The highest BCUT2D eigenvalue weighted by atomic mass is 35.5. The van der Waals surface area contributed by atoms with Crippen LogP contribution in [0, 0.1) is 0 Å². The van der Waals surface area contributed by atoms with Crippen LogP contribution in [-0.2, 0) is 9.47 Å². The number of amides is 2. The van der Waals surface area contributed by atoms with Crippen molar-refractivity contribution in [3.63, 3.8) is 0 Å². The molecule has 0 N–H and O–H groups in total. The molecule has 2 amide bonds. The van der Waals surface area contributed by atoms with Gasteiger partial charge in [0.1, 0.15) is 12.4 Å². The van der Waals surface area contributed by atoms with Crippen LogP contribution in [0.4, 0.5) is 16.3 Å². The number of halogens is 2. The van der Waals surface area contributed by atoms with Gasteiger partial charge in [-0.05, 0) is 37.3 Å². The highest BCUT2D eigenvalue weighted by Crippen LogP contribution is 2.27. The lowest BCUT2D eigenvalue weighted by atomic mass is 10.1. The van der Waals surface area contributed by atoms with E-state index in [1.165, 1.54) is 0 Å². The Morgan fingerprint density at radius 1 is 1.09 bits per heavy atom. The molecule has 2 aliphatic heterocycles. The first-order valence-corrected chi connectivity index (χ1v) is 12.1. The molecule has 0 atom stereocenters. The Morgan fingerprint density at radius 3 is 2.21 bits per heavy atom. The molecule has 34 heavy (non-hydrogen) atoms. The molecule has 2 fully saturated rings. The molecular weight excluding hydrogens is 479 g/mol. The molecule has 3 heterocycles. The summed E-state index contributed by atoms with van der Waals surface area (Å²) in [5, 5.41) is 0.997. The quantitative estimate of drug-likeness (QED) is 0.576. The molecule has 4 rings (SSSR count). The Morgan fingerprint density at radius 2 is 1.71 bits per heavy atom. The smallest absolute Gasteiger partial charge is 0.414 e. The zero-order chi connectivity index (χ0) is 25.1. The van der Waals surface area contributed by atoms with Crippen LogP contribution in [0.2, 0.25) is 10.0 Å². The van der Waals surface area contributed by atoms with E-state index in [1.807, 2.05) is 25.7 Å². The molecular formula is C24H32Cl2N4O4. The van der Waals surface area contributed by atoms with Crippen LogP contribution >= 0.6 is 23.2 Å². The van der Waals surface area contributed by atoms with E-state index in [0.717, 1.165) is 12.3 Å². The van der Waals surface area contributed by atoms with Gasteiger partial charge in [-0.15, -0.1) is 0 Å². The molecule has 0 unspecified atom stereocenters. The first kappa shape index (κ1) is 27.7. The monoisotopic (exact) mass is 510 g/mol. The second kappa shape index (κ2) is 14.0. The molecule has 0 spiro atoms. The van der Waals surface area contributed by atoms with E-state index in [2.05, 4.69) is 9.72 Å². The number of methoxy groups -OCH3 is 1. The average molecular weight is 511 g/mol. The van der Waals surface area contributed by atoms with Gasteiger partial charge in [-0.3, -0.25) is 9.69 Å². The van der Waals surface area contributed by atoms with E-state index in [4.69, 9.17) is 27.9 Å². The molecule has 2 aromatic rings. The van der Waals surface area contributed by atoms with Gasteiger partial charge in [0.05, 0.1) is 16.6 Å². The van der Waals surface area contributed by atoms with Crippen LogP contribution in [0.5, 0.6) is 0 Å². The Bertz CT molecular complexity index is 933. The van der Waals surface area contributed by atoms with E-state index >= 15 is 0 Å². The summed E-state index contributed by atoms with van der Waals surface area (Å²) in [5.41, 5.74) is 1.32. The van der Waals surface area contributed by atoms with Crippen LogP contribution in [0.25, 0.3) is 0 Å². The molecule has 0 bridgehead atoms. The lowest BCUT2D eigenvalue weighted by Gasteiger charge is -2.35. The molecule has 2 saturated heterocycles. The van der Waals surface area contributed by atoms with E-state index < -0.39 is 0 Å². The summed E-state index contributed by atoms with van der Waals surface area (Å²) in [5.74, 6) is 0.644. The lowest BCUT2D eigenvalue weighted by molar-refractivity contribution is 0.0746. The van der Waals surface area contributed by atoms with Crippen LogP contribution in [0.3, 0.4) is 0 Å². The number of hydrogen-bond acceptors (Lipinski definition) is 6. The number of carbonyl (C=O) groups excluding carboxylic acids is 2. The number of pyridine rings is 1. The minimum absolute atomic E-state index is 0.0367. The van der Waals surface area contributed by atoms with Crippen molar-refractivity contribution in [3.05, 3.63) is 52.1 Å². The van der Waals surface area contributed by atoms with Gasteiger partial charge in [0.2, 0.25) is 0 Å². The van der Waals surface area contributed by atoms with Crippen LogP contribution in [0.1, 0.15) is 31.1 Å². The highest BCUT2D eigenvalue weighted by molar-refractivity contribution is 6.36. The summed E-state index contributed by atoms with van der Waals surface area (Å²) in [7, 11) is 1.68. The minimum atomic E-state index is -0.357. The summed E-state index contributed by atoms with van der Waals surface area (Å²) >= 11 is 12.1. The number of anilines is 2. The lowest BCUT2D eigenvalue weighted by Crippen LogP contribution is -2.49. The largest absolute Gasteiger partial charge is 0.447 e. The standard InChI is InChI=1S/C19H18Cl2N4O3.C3H8O.C2H6/c20-14-11-16(21)17(22-12-14)23-5-7-24(8-6-23)18(26)13-1-3-15(4-2-13)25-9-10-28-19(25)27;1-3-4-2;1-2/h1-4,11-12H,5-10H2;3H2,1-2H3;1-2H3. The number of nitrogens with zero attached hydrogens (tertiary/aromatic N) is 4. The maximum absolute atomic E-state index is 12.8. The van der Waals surface area contributed by atoms with Crippen LogP contribution in [0.15, 0.2) is 36.5 Å². The predicted octanol–water partition coefficient (Wildman–Crippen LogP) is 4.99. The Balaban J connectivity index is 0.000000618. The summed E-state index contributed by atoms with van der Waals surface area (Å²) in [6.45, 7) is 10.1. The molecule has 0 radical (unpaired) electrons. The number of aromatic nitrogens is 1. The fourth-order valence-corrected chi connectivity index (χ4v) is 3.86. The fraction of sp³-hybridized carbons (Fsp3) is 0.458. The molecule has 8 nitrogen and oxygen atoms in total. The Kier molecular flexibility index (Phi) is 11.4. The summed E-state index contributed by atoms with van der Waals surface area (Å²) in [6.07, 6.45) is 1.21. The molecule has 0 aliphatic carbocycles. The number of cyclic esters (lactones) is 1. The number of rotatable bonds is 4. The second-order valence-corrected chi connectivity index (χ2v) is 7.97. The van der Waals surface area contributed by atoms with Gasteiger partial charge in [-0.1, -0.05) is 37.0 Å². The third-order valence-electron chi connectivity index (χ3n) is 5.13. The Labute approximate surface area is 211 Å². The van der Waals surface area contributed by atoms with Crippen molar-refractivity contribution in [2.24, 2.45) is 0 Å². The first-order chi connectivity index (χ1) is 16.4. The number of carbonyl (C=O) groups is 2. The first-order valence-electron chi connectivity index (χ1n) is 11.3. The second-order valence-electron chi connectivity index (χ2n) is 7.13. The van der Waals surface area contributed by atoms with Crippen molar-refractivity contribution in [1.82, 2.24) is 9.88 Å². The van der Waals surface area contributed by atoms with Crippen molar-refractivity contribution in [3.8, 4) is 0 Å². The normalized spacial score (nSPS) is 15.1. The van der Waals surface area contributed by atoms with Gasteiger partial charge in [-0.25, -0.2) is 9.78 Å². The number of piperazine rings is 1. The van der Waals surface area contributed by atoms with E-state index in [0.29, 0.717) is 60.8 Å². The average Bonchev–Trinajstić information content (AvgIpc) is 3.31. The van der Waals surface area contributed by atoms with Crippen LogP contribution in [-0.4, -0.2) is 74.9 Å². The van der Waals surface area contributed by atoms with Crippen molar-refractivity contribution in [1.29, 1.82) is 0 Å². The summed E-state index contributed by atoms with van der Waals surface area (Å²) in [6, 6.07) is 8.70. The number of hydrogen-bond donors (Lipinski definition) is 0. The van der Waals surface area contributed by atoms with Crippen molar-refractivity contribution < 1.29 is 19.1 Å². The molecule has 0 saturated carbocycles. The zero-order valence-electron chi connectivity index (χ0n) is 20.1. The maximum Gasteiger partial charge on any atom is 0.414 e. The summed E-state index contributed by atoms with van der Waals surface area (Å²) < 4.78 is 9.48. The van der Waals surface area contributed by atoms with E-state index in [1.54, 1.807) is 53.4 Å². The molecule has 10 heteroatoms. The van der Waals surface area contributed by atoms with Crippen LogP contribution < -0.4 is 9.80 Å². The summed E-state index contributed by atoms with van der Waals surface area (Å²) in [4.78, 5) is 34.1. The predicted molar refractivity (Wildman–Crippen MR) is 136 cm³/mol. The van der Waals surface area contributed by atoms with Gasteiger partial charge in [0, 0.05) is 57.3 Å². The Hall–Kier alpha value is -2.55. The van der Waals surface area contributed by atoms with Crippen molar-refractivity contribution in [2.75, 3.05) is 62.8 Å². The maximum atomic E-state index is 12.8. The third kappa shape index (κ3) is 7.22. The highest BCUT2D eigenvalue weighted by Gasteiger charge is 2.26.